The fraction of sp³-hybridized carbons (Fsp3) is 0.417. The van der Waals surface area contributed by atoms with Gasteiger partial charge in [-0.3, -0.25) is 4.79 Å². The first-order chi connectivity index (χ1) is 7.52. The van der Waals surface area contributed by atoms with Crippen LogP contribution in [0, 0.1) is 6.92 Å². The van der Waals surface area contributed by atoms with Crippen LogP contribution in [0.5, 0.6) is 0 Å². The lowest BCUT2D eigenvalue weighted by molar-refractivity contribution is 0.0952. The van der Waals surface area contributed by atoms with Crippen molar-refractivity contribution in [3.05, 3.63) is 29.3 Å². The van der Waals surface area contributed by atoms with Gasteiger partial charge in [-0.15, -0.1) is 0 Å². The molecule has 0 saturated heterocycles. The Balaban J connectivity index is 2.63. The molecule has 1 aromatic carbocycles. The number of likely N-dealkylation sites (N-methyl/N-ethyl adjacent to an activating group) is 1. The van der Waals surface area contributed by atoms with Crippen LogP contribution >= 0.6 is 0 Å². The molecule has 0 fully saturated rings. The third-order valence-corrected chi connectivity index (χ3v) is 2.41. The minimum atomic E-state index is -0.108. The summed E-state index contributed by atoms with van der Waals surface area (Å²) in [5.41, 5.74) is 7.89. The van der Waals surface area contributed by atoms with Crippen LogP contribution in [-0.4, -0.2) is 38.0 Å². The second-order valence-electron chi connectivity index (χ2n) is 4.10. The molecule has 16 heavy (non-hydrogen) atoms. The highest BCUT2D eigenvalue weighted by Crippen LogP contribution is 2.15. The van der Waals surface area contributed by atoms with Gasteiger partial charge in [0.2, 0.25) is 0 Å². The molecule has 0 aromatic heterocycles. The molecule has 0 aliphatic carbocycles. The fourth-order valence-corrected chi connectivity index (χ4v) is 1.37. The van der Waals surface area contributed by atoms with E-state index in [0.29, 0.717) is 17.8 Å². The van der Waals surface area contributed by atoms with Gasteiger partial charge in [0.05, 0.1) is 5.56 Å². The number of nitrogen functional groups attached to an aromatic ring is 1. The molecule has 4 heteroatoms. The summed E-state index contributed by atoms with van der Waals surface area (Å²) in [6, 6.07) is 5.48. The van der Waals surface area contributed by atoms with Gasteiger partial charge in [-0.25, -0.2) is 0 Å². The molecule has 0 saturated carbocycles. The smallest absolute Gasteiger partial charge is 0.253 e. The highest BCUT2D eigenvalue weighted by Gasteiger charge is 2.09. The number of para-hydroxylation sites is 1. The standard InChI is InChI=1S/C12H19N3O/c1-9-5-4-6-10(11(9)13)12(16)14-7-8-15(2)3/h4-6H,7-8,13H2,1-3H3,(H,14,16). The quantitative estimate of drug-likeness (QED) is 0.742. The Kier molecular flexibility index (Phi) is 4.31. The second-order valence-corrected chi connectivity index (χ2v) is 4.10. The maximum absolute atomic E-state index is 11.8. The van der Waals surface area contributed by atoms with Crippen LogP contribution in [0.15, 0.2) is 18.2 Å². The van der Waals surface area contributed by atoms with Gasteiger partial charge in [-0.2, -0.15) is 0 Å². The first kappa shape index (κ1) is 12.5. The van der Waals surface area contributed by atoms with Crippen LogP contribution in [0.25, 0.3) is 0 Å². The summed E-state index contributed by atoms with van der Waals surface area (Å²) in [6.45, 7) is 3.34. The summed E-state index contributed by atoms with van der Waals surface area (Å²) in [5.74, 6) is -0.108. The SMILES string of the molecule is Cc1cccc(C(=O)NCCN(C)C)c1N. The summed E-state index contributed by atoms with van der Waals surface area (Å²) in [6.07, 6.45) is 0. The van der Waals surface area contributed by atoms with E-state index in [2.05, 4.69) is 5.32 Å². The number of benzene rings is 1. The molecule has 0 atom stereocenters. The van der Waals surface area contributed by atoms with Crippen LogP contribution in [-0.2, 0) is 0 Å². The normalized spacial score (nSPS) is 10.5. The van der Waals surface area contributed by atoms with Crippen molar-refractivity contribution in [3.8, 4) is 0 Å². The van der Waals surface area contributed by atoms with Crippen molar-refractivity contribution in [2.24, 2.45) is 0 Å². The van der Waals surface area contributed by atoms with E-state index in [0.717, 1.165) is 12.1 Å². The third kappa shape index (κ3) is 3.24. The number of nitrogens with one attached hydrogen (secondary N) is 1. The first-order valence-corrected chi connectivity index (χ1v) is 5.30. The Morgan fingerprint density at radius 1 is 1.44 bits per heavy atom. The molecule has 3 N–H and O–H groups in total. The van der Waals surface area contributed by atoms with E-state index in [1.807, 2.05) is 38.1 Å². The number of carbonyl (C=O) groups is 1. The molecule has 0 aliphatic heterocycles. The fourth-order valence-electron chi connectivity index (χ4n) is 1.37. The van der Waals surface area contributed by atoms with Gasteiger partial charge in [-0.05, 0) is 32.6 Å². The lowest BCUT2D eigenvalue weighted by Crippen LogP contribution is -2.31. The second kappa shape index (κ2) is 5.51. The predicted molar refractivity (Wildman–Crippen MR) is 66.5 cm³/mol. The molecule has 4 nitrogen and oxygen atoms in total. The van der Waals surface area contributed by atoms with Crippen LogP contribution in [0.1, 0.15) is 15.9 Å². The van der Waals surface area contributed by atoms with Gasteiger partial charge in [0.25, 0.3) is 5.91 Å². The number of anilines is 1. The van der Waals surface area contributed by atoms with Crippen LogP contribution in [0.2, 0.25) is 0 Å². The van der Waals surface area contributed by atoms with Gasteiger partial charge in [0.15, 0.2) is 0 Å². The van der Waals surface area contributed by atoms with Gasteiger partial charge < -0.3 is 16.0 Å². The zero-order chi connectivity index (χ0) is 12.1. The summed E-state index contributed by atoms with van der Waals surface area (Å²) in [5, 5.41) is 2.84. The molecule has 0 heterocycles. The summed E-state index contributed by atoms with van der Waals surface area (Å²) >= 11 is 0. The van der Waals surface area contributed by atoms with Crippen LogP contribution in [0.3, 0.4) is 0 Å². The lowest BCUT2D eigenvalue weighted by atomic mass is 10.1. The topological polar surface area (TPSA) is 58.4 Å². The molecule has 1 aromatic rings. The monoisotopic (exact) mass is 221 g/mol. The van der Waals surface area contributed by atoms with E-state index in [1.54, 1.807) is 6.07 Å². The zero-order valence-electron chi connectivity index (χ0n) is 10.1. The van der Waals surface area contributed by atoms with Gasteiger partial charge >= 0.3 is 0 Å². The molecule has 0 aliphatic rings. The van der Waals surface area contributed by atoms with E-state index in [4.69, 9.17) is 5.73 Å². The molecule has 1 rings (SSSR count). The van der Waals surface area contributed by atoms with E-state index < -0.39 is 0 Å². The van der Waals surface area contributed by atoms with E-state index >= 15 is 0 Å². The Hall–Kier alpha value is -1.55. The predicted octanol–water partition coefficient (Wildman–Crippen LogP) is 0.869. The minimum Gasteiger partial charge on any atom is -0.398 e. The molecule has 0 unspecified atom stereocenters. The average Bonchev–Trinajstić information content (AvgIpc) is 2.21. The summed E-state index contributed by atoms with van der Waals surface area (Å²) < 4.78 is 0. The Morgan fingerprint density at radius 2 is 2.12 bits per heavy atom. The highest BCUT2D eigenvalue weighted by molar-refractivity contribution is 5.99. The van der Waals surface area contributed by atoms with Crippen molar-refractivity contribution in [3.63, 3.8) is 0 Å². The molecule has 0 bridgehead atoms. The molecule has 0 radical (unpaired) electrons. The van der Waals surface area contributed by atoms with E-state index in [-0.39, 0.29) is 5.91 Å². The zero-order valence-corrected chi connectivity index (χ0v) is 10.1. The number of carbonyl (C=O) groups excluding carboxylic acids is 1. The van der Waals surface area contributed by atoms with Gasteiger partial charge in [-0.1, -0.05) is 12.1 Å². The Morgan fingerprint density at radius 3 is 2.75 bits per heavy atom. The minimum absolute atomic E-state index is 0.108. The Bertz CT molecular complexity index is 375. The number of nitrogens with two attached hydrogens (primary N) is 1. The van der Waals surface area contributed by atoms with Gasteiger partial charge in [0.1, 0.15) is 0 Å². The molecule has 1 amide bonds. The molecular formula is C12H19N3O. The van der Waals surface area contributed by atoms with Crippen LogP contribution in [0.4, 0.5) is 5.69 Å². The summed E-state index contributed by atoms with van der Waals surface area (Å²) in [7, 11) is 3.93. The Labute approximate surface area is 96.4 Å². The number of rotatable bonds is 4. The largest absolute Gasteiger partial charge is 0.398 e. The third-order valence-electron chi connectivity index (χ3n) is 2.41. The van der Waals surface area contributed by atoms with Crippen molar-refractivity contribution in [2.75, 3.05) is 32.9 Å². The van der Waals surface area contributed by atoms with E-state index in [1.165, 1.54) is 0 Å². The maximum atomic E-state index is 11.8. The van der Waals surface area contributed by atoms with Gasteiger partial charge in [0, 0.05) is 18.8 Å². The average molecular weight is 221 g/mol. The lowest BCUT2D eigenvalue weighted by Gasteiger charge is -2.12. The van der Waals surface area contributed by atoms with Crippen molar-refractivity contribution in [1.29, 1.82) is 0 Å². The molecule has 0 spiro atoms. The molecular weight excluding hydrogens is 202 g/mol. The first-order valence-electron chi connectivity index (χ1n) is 5.30. The van der Waals surface area contributed by atoms with Crippen LogP contribution < -0.4 is 11.1 Å². The number of hydrogen-bond acceptors (Lipinski definition) is 3. The number of amides is 1. The van der Waals surface area contributed by atoms with Crippen molar-refractivity contribution < 1.29 is 4.79 Å². The van der Waals surface area contributed by atoms with E-state index in [9.17, 15) is 4.79 Å². The number of hydrogen-bond donors (Lipinski definition) is 2. The number of aryl methyl sites for hydroxylation is 1. The van der Waals surface area contributed by atoms with Crippen molar-refractivity contribution >= 4 is 11.6 Å². The summed E-state index contributed by atoms with van der Waals surface area (Å²) in [4.78, 5) is 13.8. The van der Waals surface area contributed by atoms with Crippen molar-refractivity contribution in [2.45, 2.75) is 6.92 Å². The molecule has 88 valence electrons. The maximum Gasteiger partial charge on any atom is 0.253 e. The van der Waals surface area contributed by atoms with Crippen molar-refractivity contribution in [1.82, 2.24) is 10.2 Å². The highest BCUT2D eigenvalue weighted by atomic mass is 16.1. The number of nitrogens with zero attached hydrogens (tertiary/aromatic N) is 1.